The van der Waals surface area contributed by atoms with Gasteiger partial charge in [0.05, 0.1) is 12.7 Å². The summed E-state index contributed by atoms with van der Waals surface area (Å²) in [5.41, 5.74) is 4.90. The predicted octanol–water partition coefficient (Wildman–Crippen LogP) is 7.55. The Morgan fingerprint density at radius 1 is 0.690 bits per heavy atom. The lowest BCUT2D eigenvalue weighted by molar-refractivity contribution is -0.216. The van der Waals surface area contributed by atoms with Gasteiger partial charge in [-0.25, -0.2) is 4.79 Å². The smallest absolute Gasteiger partial charge is 0.293 e. The fourth-order valence-corrected chi connectivity index (χ4v) is 6.21. The molecule has 0 spiro atoms. The molecule has 160 valence electrons. The van der Waals surface area contributed by atoms with Crippen molar-refractivity contribution in [2.24, 2.45) is 0 Å². The maximum absolute atomic E-state index is 13.1. The fourth-order valence-electron chi connectivity index (χ4n) is 6.21. The van der Waals surface area contributed by atoms with Gasteiger partial charge in [0.2, 0.25) is 0 Å². The van der Waals surface area contributed by atoms with Gasteiger partial charge in [0.25, 0.3) is 0 Å². The average Bonchev–Trinajstić information content (AvgIpc) is 2.80. The Morgan fingerprint density at radius 3 is 1.52 bits per heavy atom. The van der Waals surface area contributed by atoms with Crippen LogP contribution < -0.4 is 0 Å². The third-order valence-electron chi connectivity index (χ3n) is 7.75. The van der Waals surface area contributed by atoms with Crippen LogP contribution in [0.2, 0.25) is 0 Å². The van der Waals surface area contributed by atoms with Crippen LogP contribution in [0, 0.1) is 0 Å². The summed E-state index contributed by atoms with van der Waals surface area (Å²) in [4.78, 5) is 23.1. The van der Waals surface area contributed by atoms with Crippen LogP contribution in [0.3, 0.4) is 0 Å². The van der Waals surface area contributed by atoms with Crippen LogP contribution in [0.5, 0.6) is 0 Å². The number of carbonyl (C=O) groups is 1. The molecular weight excluding hydrogens is 360 g/mol. The fraction of sp³-hybridized carbons (Fsp3) is 0.731. The van der Waals surface area contributed by atoms with Gasteiger partial charge < -0.3 is 0 Å². The van der Waals surface area contributed by atoms with Crippen molar-refractivity contribution in [1.29, 1.82) is 0 Å². The van der Waals surface area contributed by atoms with Gasteiger partial charge >= 0.3 is 5.97 Å². The van der Waals surface area contributed by atoms with Crippen molar-refractivity contribution >= 4 is 5.97 Å². The van der Waals surface area contributed by atoms with Gasteiger partial charge in [-0.05, 0) is 73.0 Å². The first-order valence-electron chi connectivity index (χ1n) is 12.2. The van der Waals surface area contributed by atoms with Crippen molar-refractivity contribution in [2.45, 2.75) is 114 Å². The quantitative estimate of drug-likeness (QED) is 0.379. The summed E-state index contributed by atoms with van der Waals surface area (Å²) in [7, 11) is 1.44. The summed E-state index contributed by atoms with van der Waals surface area (Å²) in [6.45, 7) is 0. The zero-order valence-corrected chi connectivity index (χ0v) is 18.2. The minimum atomic E-state index is -0.274. The molecular formula is C26H38O3. The lowest BCUT2D eigenvalue weighted by Crippen LogP contribution is -2.20. The Hall–Kier alpha value is -1.35. The third-order valence-corrected chi connectivity index (χ3v) is 7.75. The van der Waals surface area contributed by atoms with Crippen LogP contribution in [-0.4, -0.2) is 13.1 Å². The van der Waals surface area contributed by atoms with Gasteiger partial charge in [-0.15, -0.1) is 0 Å². The zero-order valence-electron chi connectivity index (χ0n) is 18.2. The molecule has 0 unspecified atom stereocenters. The Bertz CT molecular complexity index is 638. The summed E-state index contributed by atoms with van der Waals surface area (Å²) in [6.07, 6.45) is 19.2. The van der Waals surface area contributed by atoms with Gasteiger partial charge in [-0.1, -0.05) is 69.9 Å². The Morgan fingerprint density at radius 2 is 1.10 bits per heavy atom. The second-order valence-electron chi connectivity index (χ2n) is 9.62. The van der Waals surface area contributed by atoms with Gasteiger partial charge in [0.1, 0.15) is 0 Å². The molecule has 3 nitrogen and oxygen atoms in total. The number of benzene rings is 1. The maximum Gasteiger partial charge on any atom is 0.373 e. The number of hydrogen-bond donors (Lipinski definition) is 0. The van der Waals surface area contributed by atoms with E-state index < -0.39 is 0 Å². The van der Waals surface area contributed by atoms with Crippen molar-refractivity contribution in [1.82, 2.24) is 0 Å². The highest BCUT2D eigenvalue weighted by Crippen LogP contribution is 2.44. The van der Waals surface area contributed by atoms with E-state index in [-0.39, 0.29) is 5.97 Å². The van der Waals surface area contributed by atoms with Crippen LogP contribution in [-0.2, 0) is 9.78 Å². The van der Waals surface area contributed by atoms with Crippen molar-refractivity contribution in [3.63, 3.8) is 0 Å². The number of carbonyl (C=O) groups excluding carboxylic acids is 1. The molecule has 3 fully saturated rings. The van der Waals surface area contributed by atoms with Crippen LogP contribution in [0.1, 0.15) is 141 Å². The Kier molecular flexibility index (Phi) is 7.29. The average molecular weight is 399 g/mol. The lowest BCUT2D eigenvalue weighted by atomic mass is 9.73. The molecule has 3 saturated carbocycles. The predicted molar refractivity (Wildman–Crippen MR) is 116 cm³/mol. The monoisotopic (exact) mass is 398 g/mol. The van der Waals surface area contributed by atoms with Crippen molar-refractivity contribution in [3.05, 3.63) is 34.4 Å². The SMILES string of the molecule is COOC(=O)c1c(C2CCCCC2)cc(C2CCCCC2)cc1C1CCCCC1. The van der Waals surface area contributed by atoms with E-state index in [0.29, 0.717) is 17.8 Å². The molecule has 0 saturated heterocycles. The topological polar surface area (TPSA) is 35.5 Å². The lowest BCUT2D eigenvalue weighted by Gasteiger charge is -2.31. The second-order valence-corrected chi connectivity index (χ2v) is 9.62. The summed E-state index contributed by atoms with van der Waals surface area (Å²) in [5.74, 6) is 1.38. The van der Waals surface area contributed by atoms with E-state index in [1.54, 1.807) is 0 Å². The summed E-state index contributed by atoms with van der Waals surface area (Å²) in [6, 6.07) is 4.81. The van der Waals surface area contributed by atoms with Gasteiger partial charge in [-0.2, -0.15) is 4.89 Å². The molecule has 3 aliphatic rings. The first-order chi connectivity index (χ1) is 14.3. The van der Waals surface area contributed by atoms with E-state index in [4.69, 9.17) is 9.78 Å². The highest BCUT2D eigenvalue weighted by atomic mass is 17.2. The first kappa shape index (κ1) is 20.9. The minimum Gasteiger partial charge on any atom is -0.293 e. The normalized spacial score (nSPS) is 22.5. The summed E-state index contributed by atoms with van der Waals surface area (Å²) in [5, 5.41) is 0. The molecule has 0 bridgehead atoms. The molecule has 1 aromatic rings. The van der Waals surface area contributed by atoms with Gasteiger partial charge in [0.15, 0.2) is 0 Å². The van der Waals surface area contributed by atoms with Crippen molar-refractivity contribution in [2.75, 3.05) is 7.11 Å². The van der Waals surface area contributed by atoms with Gasteiger partial charge in [0, 0.05) is 0 Å². The maximum atomic E-state index is 13.1. The van der Waals surface area contributed by atoms with E-state index >= 15 is 0 Å². The standard InChI is InChI=1S/C26H38O3/c1-28-29-26(27)25-23(20-13-7-3-8-14-20)17-22(19-11-5-2-6-12-19)18-24(25)21-15-9-4-10-16-21/h17-21H,2-16H2,1H3. The van der Waals surface area contributed by atoms with E-state index in [1.165, 1.54) is 120 Å². The molecule has 3 heteroatoms. The molecule has 29 heavy (non-hydrogen) atoms. The highest BCUT2D eigenvalue weighted by molar-refractivity contribution is 5.93. The molecule has 1 aromatic carbocycles. The molecule has 0 heterocycles. The van der Waals surface area contributed by atoms with Crippen LogP contribution in [0.25, 0.3) is 0 Å². The molecule has 0 aromatic heterocycles. The molecule has 0 atom stereocenters. The molecule has 0 aliphatic heterocycles. The van der Waals surface area contributed by atoms with E-state index in [1.807, 2.05) is 0 Å². The third kappa shape index (κ3) is 4.87. The number of rotatable bonds is 5. The zero-order chi connectivity index (χ0) is 20.1. The van der Waals surface area contributed by atoms with Crippen LogP contribution in [0.15, 0.2) is 12.1 Å². The minimum absolute atomic E-state index is 0.274. The number of hydrogen-bond acceptors (Lipinski definition) is 3. The molecule has 3 aliphatic carbocycles. The van der Waals surface area contributed by atoms with Crippen molar-refractivity contribution < 1.29 is 14.6 Å². The second kappa shape index (κ2) is 10.1. The van der Waals surface area contributed by atoms with Gasteiger partial charge in [-0.3, -0.25) is 4.89 Å². The van der Waals surface area contributed by atoms with E-state index in [9.17, 15) is 4.79 Å². The first-order valence-corrected chi connectivity index (χ1v) is 12.2. The Balaban J connectivity index is 1.80. The summed E-state index contributed by atoms with van der Waals surface area (Å²) >= 11 is 0. The molecule has 0 amide bonds. The molecule has 0 radical (unpaired) electrons. The highest BCUT2D eigenvalue weighted by Gasteiger charge is 2.31. The van der Waals surface area contributed by atoms with Crippen molar-refractivity contribution in [3.8, 4) is 0 Å². The molecule has 0 N–H and O–H groups in total. The van der Waals surface area contributed by atoms with E-state index in [2.05, 4.69) is 12.1 Å². The van der Waals surface area contributed by atoms with E-state index in [0.717, 1.165) is 5.56 Å². The molecule has 4 rings (SSSR count). The largest absolute Gasteiger partial charge is 0.373 e. The summed E-state index contributed by atoms with van der Waals surface area (Å²) < 4.78 is 0. The Labute approximate surface area is 176 Å². The van der Waals surface area contributed by atoms with Crippen LogP contribution >= 0.6 is 0 Å². The van der Waals surface area contributed by atoms with Crippen LogP contribution in [0.4, 0.5) is 0 Å².